The summed E-state index contributed by atoms with van der Waals surface area (Å²) in [5.74, 6) is 1.80. The zero-order valence-electron chi connectivity index (χ0n) is 10.6. The molecule has 0 spiro atoms. The van der Waals surface area contributed by atoms with E-state index in [1.54, 1.807) is 0 Å². The van der Waals surface area contributed by atoms with E-state index in [1.165, 1.54) is 25.7 Å². The predicted octanol–water partition coefficient (Wildman–Crippen LogP) is 2.56. The van der Waals surface area contributed by atoms with Crippen molar-refractivity contribution < 1.29 is 5.11 Å². The summed E-state index contributed by atoms with van der Waals surface area (Å²) in [4.78, 5) is 0. The normalized spacial score (nSPS) is 28.0. The lowest BCUT2D eigenvalue weighted by atomic mass is 9.82. The summed E-state index contributed by atoms with van der Waals surface area (Å²) in [7, 11) is 0. The van der Waals surface area contributed by atoms with Gasteiger partial charge in [0.05, 0.1) is 0 Å². The molecule has 15 heavy (non-hydrogen) atoms. The second-order valence-corrected chi connectivity index (χ2v) is 5.86. The zero-order chi connectivity index (χ0) is 11.3. The Bertz CT molecular complexity index is 171. The fourth-order valence-corrected chi connectivity index (χ4v) is 2.32. The molecule has 0 unspecified atom stereocenters. The van der Waals surface area contributed by atoms with E-state index in [4.69, 9.17) is 5.11 Å². The number of aliphatic hydroxyl groups excluding tert-OH is 1. The maximum Gasteiger partial charge on any atom is 0.0448 e. The Kier molecular flexibility index (Phi) is 5.07. The SMILES string of the molecule is CC1CCC(CNC(C)(C)CCO)CC1. The average molecular weight is 213 g/mol. The summed E-state index contributed by atoms with van der Waals surface area (Å²) in [6.45, 7) is 8.12. The van der Waals surface area contributed by atoms with Crippen molar-refractivity contribution in [1.29, 1.82) is 0 Å². The molecule has 0 aliphatic heterocycles. The summed E-state index contributed by atoms with van der Waals surface area (Å²) in [6, 6.07) is 0. The van der Waals surface area contributed by atoms with Gasteiger partial charge < -0.3 is 10.4 Å². The van der Waals surface area contributed by atoms with Crippen LogP contribution >= 0.6 is 0 Å². The van der Waals surface area contributed by atoms with Crippen molar-refractivity contribution in [2.45, 2.75) is 58.4 Å². The monoisotopic (exact) mass is 213 g/mol. The molecule has 2 heteroatoms. The number of nitrogens with one attached hydrogen (secondary N) is 1. The average Bonchev–Trinajstić information content (AvgIpc) is 2.17. The van der Waals surface area contributed by atoms with Gasteiger partial charge in [-0.05, 0) is 51.5 Å². The molecular formula is C13H27NO. The second kappa shape index (κ2) is 5.86. The molecule has 0 radical (unpaired) electrons. The number of hydrogen-bond donors (Lipinski definition) is 2. The van der Waals surface area contributed by atoms with Gasteiger partial charge in [-0.3, -0.25) is 0 Å². The lowest BCUT2D eigenvalue weighted by Crippen LogP contribution is -2.43. The van der Waals surface area contributed by atoms with Crippen LogP contribution in [-0.2, 0) is 0 Å². The van der Waals surface area contributed by atoms with E-state index in [0.717, 1.165) is 24.8 Å². The van der Waals surface area contributed by atoms with Gasteiger partial charge in [-0.25, -0.2) is 0 Å². The summed E-state index contributed by atoms with van der Waals surface area (Å²) < 4.78 is 0. The van der Waals surface area contributed by atoms with Crippen LogP contribution in [0.2, 0.25) is 0 Å². The highest BCUT2D eigenvalue weighted by Gasteiger charge is 2.21. The molecule has 0 saturated heterocycles. The van der Waals surface area contributed by atoms with Crippen molar-refractivity contribution in [3.05, 3.63) is 0 Å². The van der Waals surface area contributed by atoms with Gasteiger partial charge in [0.15, 0.2) is 0 Å². The predicted molar refractivity (Wildman–Crippen MR) is 64.9 cm³/mol. The standard InChI is InChI=1S/C13H27NO/c1-11-4-6-12(7-5-11)10-14-13(2,3)8-9-15/h11-12,14-15H,4-10H2,1-3H3. The smallest absolute Gasteiger partial charge is 0.0448 e. The van der Waals surface area contributed by atoms with E-state index in [0.29, 0.717) is 0 Å². The third kappa shape index (κ3) is 4.98. The Morgan fingerprint density at radius 1 is 1.20 bits per heavy atom. The van der Waals surface area contributed by atoms with Crippen LogP contribution in [-0.4, -0.2) is 23.8 Å². The lowest BCUT2D eigenvalue weighted by molar-refractivity contribution is 0.211. The van der Waals surface area contributed by atoms with Crippen LogP contribution < -0.4 is 5.32 Å². The van der Waals surface area contributed by atoms with Crippen molar-refractivity contribution >= 4 is 0 Å². The van der Waals surface area contributed by atoms with Crippen LogP contribution in [0.1, 0.15) is 52.9 Å². The lowest BCUT2D eigenvalue weighted by Gasteiger charge is -2.31. The molecule has 90 valence electrons. The first-order valence-corrected chi connectivity index (χ1v) is 6.39. The highest BCUT2D eigenvalue weighted by atomic mass is 16.3. The van der Waals surface area contributed by atoms with E-state index < -0.39 is 0 Å². The molecule has 0 bridgehead atoms. The van der Waals surface area contributed by atoms with Crippen molar-refractivity contribution in [3.8, 4) is 0 Å². The van der Waals surface area contributed by atoms with E-state index in [9.17, 15) is 0 Å². The minimum Gasteiger partial charge on any atom is -0.396 e. The molecule has 0 amide bonds. The Morgan fingerprint density at radius 2 is 1.80 bits per heavy atom. The summed E-state index contributed by atoms with van der Waals surface area (Å²) in [5.41, 5.74) is 0.0951. The molecule has 1 aliphatic carbocycles. The molecule has 1 saturated carbocycles. The molecule has 1 fully saturated rings. The van der Waals surface area contributed by atoms with Crippen molar-refractivity contribution in [2.24, 2.45) is 11.8 Å². The Hall–Kier alpha value is -0.0800. The van der Waals surface area contributed by atoms with Crippen LogP contribution in [0.4, 0.5) is 0 Å². The van der Waals surface area contributed by atoms with Gasteiger partial charge >= 0.3 is 0 Å². The molecule has 0 aromatic carbocycles. The molecule has 2 nitrogen and oxygen atoms in total. The highest BCUT2D eigenvalue weighted by Crippen LogP contribution is 2.28. The molecule has 0 heterocycles. The molecular weight excluding hydrogens is 186 g/mol. The van der Waals surface area contributed by atoms with E-state index in [-0.39, 0.29) is 12.1 Å². The van der Waals surface area contributed by atoms with Gasteiger partial charge in [0.25, 0.3) is 0 Å². The van der Waals surface area contributed by atoms with Crippen LogP contribution in [0.15, 0.2) is 0 Å². The van der Waals surface area contributed by atoms with Crippen LogP contribution in [0.25, 0.3) is 0 Å². The van der Waals surface area contributed by atoms with Gasteiger partial charge in [0, 0.05) is 12.1 Å². The molecule has 0 aromatic rings. The fraction of sp³-hybridized carbons (Fsp3) is 1.00. The number of aliphatic hydroxyl groups is 1. The van der Waals surface area contributed by atoms with Crippen LogP contribution in [0.5, 0.6) is 0 Å². The fourth-order valence-electron chi connectivity index (χ4n) is 2.32. The quantitative estimate of drug-likeness (QED) is 0.735. The zero-order valence-corrected chi connectivity index (χ0v) is 10.6. The Labute approximate surface area is 94.5 Å². The van der Waals surface area contributed by atoms with Gasteiger partial charge in [-0.15, -0.1) is 0 Å². The minimum absolute atomic E-state index is 0.0951. The topological polar surface area (TPSA) is 32.3 Å². The van der Waals surface area contributed by atoms with Gasteiger partial charge in [-0.2, -0.15) is 0 Å². The second-order valence-electron chi connectivity index (χ2n) is 5.86. The number of rotatable bonds is 5. The third-order valence-corrected chi connectivity index (χ3v) is 3.74. The van der Waals surface area contributed by atoms with Crippen molar-refractivity contribution in [3.63, 3.8) is 0 Å². The summed E-state index contributed by atoms with van der Waals surface area (Å²) in [5, 5.41) is 12.5. The first-order chi connectivity index (χ1) is 7.03. The van der Waals surface area contributed by atoms with Gasteiger partial charge in [0.2, 0.25) is 0 Å². The molecule has 1 rings (SSSR count). The van der Waals surface area contributed by atoms with Gasteiger partial charge in [0.1, 0.15) is 0 Å². The largest absolute Gasteiger partial charge is 0.396 e. The van der Waals surface area contributed by atoms with Crippen molar-refractivity contribution in [1.82, 2.24) is 5.32 Å². The van der Waals surface area contributed by atoms with Crippen LogP contribution in [0.3, 0.4) is 0 Å². The maximum atomic E-state index is 8.93. The van der Waals surface area contributed by atoms with Crippen LogP contribution in [0, 0.1) is 11.8 Å². The van der Waals surface area contributed by atoms with E-state index in [1.807, 2.05) is 0 Å². The highest BCUT2D eigenvalue weighted by molar-refractivity contribution is 4.80. The number of hydrogen-bond acceptors (Lipinski definition) is 2. The summed E-state index contributed by atoms with van der Waals surface area (Å²) >= 11 is 0. The van der Waals surface area contributed by atoms with Crippen molar-refractivity contribution in [2.75, 3.05) is 13.2 Å². The maximum absolute atomic E-state index is 8.93. The molecule has 2 N–H and O–H groups in total. The first kappa shape index (κ1) is 13.0. The summed E-state index contributed by atoms with van der Waals surface area (Å²) in [6.07, 6.45) is 6.39. The molecule has 1 aliphatic rings. The first-order valence-electron chi connectivity index (χ1n) is 6.39. The van der Waals surface area contributed by atoms with E-state index in [2.05, 4.69) is 26.1 Å². The minimum atomic E-state index is 0.0951. The molecule has 0 aromatic heterocycles. The van der Waals surface area contributed by atoms with Gasteiger partial charge in [-0.1, -0.05) is 19.8 Å². The molecule has 0 atom stereocenters. The third-order valence-electron chi connectivity index (χ3n) is 3.74. The Morgan fingerprint density at radius 3 is 2.33 bits per heavy atom. The van der Waals surface area contributed by atoms with E-state index >= 15 is 0 Å². The Balaban J connectivity index is 2.19.